The van der Waals surface area contributed by atoms with Crippen LogP contribution in [-0.4, -0.2) is 148 Å². The molecule has 17 nitrogen and oxygen atoms in total. The first kappa shape index (κ1) is 50.6. The van der Waals surface area contributed by atoms with Crippen LogP contribution in [0.4, 0.5) is 5.95 Å². The second-order valence-electron chi connectivity index (χ2n) is 16.1. The van der Waals surface area contributed by atoms with E-state index in [-0.39, 0.29) is 59.9 Å². The van der Waals surface area contributed by atoms with E-state index >= 15 is 0 Å². The van der Waals surface area contributed by atoms with Gasteiger partial charge in [0.15, 0.2) is 0 Å². The van der Waals surface area contributed by atoms with Crippen LogP contribution in [0.15, 0.2) is 36.4 Å². The number of amides is 4. The van der Waals surface area contributed by atoms with E-state index in [2.05, 4.69) is 31.2 Å². The maximum absolute atomic E-state index is 14.5. The lowest BCUT2D eigenvalue weighted by molar-refractivity contribution is -0.148. The number of nitrogens with one attached hydrogen (secondary N) is 4. The topological polar surface area (TPSA) is 203 Å². The molecule has 61 heavy (non-hydrogen) atoms. The highest BCUT2D eigenvalue weighted by molar-refractivity contribution is 5.93. The predicted molar refractivity (Wildman–Crippen MR) is 231 cm³/mol. The minimum absolute atomic E-state index is 0.0155. The molecular formula is C44H70N8O9. The molecule has 1 aromatic carbocycles. The number of esters is 1. The Labute approximate surface area is 361 Å². The SMILES string of the molecule is CC[C@H](C)[C@@H]([C@@H](CC(=O)N1CCC[C@H]1[C@H](OC)[C@@H](C)C(=O)N[C@@H](Cc1ccccc1)C(=O)OC)OC)N(C)C(=O)[C@@H](Nc1nc(C)cc(C(=O)NCCNCOC)n1)C(C)C. The van der Waals surface area contributed by atoms with Gasteiger partial charge in [0.25, 0.3) is 5.91 Å². The number of benzene rings is 1. The summed E-state index contributed by atoms with van der Waals surface area (Å²) in [5.41, 5.74) is 1.59. The number of nitrogens with zero attached hydrogens (tertiary/aromatic N) is 4. The Morgan fingerprint density at radius 2 is 1.67 bits per heavy atom. The van der Waals surface area contributed by atoms with E-state index in [1.807, 2.05) is 58.0 Å². The maximum atomic E-state index is 14.5. The van der Waals surface area contributed by atoms with Crippen molar-refractivity contribution in [2.45, 2.75) is 110 Å². The van der Waals surface area contributed by atoms with Crippen molar-refractivity contribution in [1.29, 1.82) is 0 Å². The van der Waals surface area contributed by atoms with Gasteiger partial charge in [-0.1, -0.05) is 71.4 Å². The highest BCUT2D eigenvalue weighted by atomic mass is 16.5. The monoisotopic (exact) mass is 855 g/mol. The molecule has 0 unspecified atom stereocenters. The van der Waals surface area contributed by atoms with Crippen molar-refractivity contribution in [3.8, 4) is 0 Å². The van der Waals surface area contributed by atoms with E-state index in [0.29, 0.717) is 51.3 Å². The zero-order chi connectivity index (χ0) is 45.2. The van der Waals surface area contributed by atoms with Gasteiger partial charge >= 0.3 is 5.97 Å². The zero-order valence-electron chi connectivity index (χ0n) is 38.0. The standard InChI is InChI=1S/C44H70N8O9/c1-12-28(4)38(51(7)42(56)37(27(2)3)50-44-47-29(5)23-32(49-44)41(55)46-21-20-45-26-58-8)35(59-9)25-36(53)52-22-16-19-34(52)39(60-10)30(6)40(54)48-33(43(57)61-11)24-31-17-14-13-15-18-31/h13-15,17-18,23,27-28,30,33-35,37-39,45H,12,16,19-22,24-26H2,1-11H3,(H,46,55)(H,48,54)(H,47,49,50)/t28-,30+,33-,34-,35+,37-,38-,39+/m0/s1. The number of methoxy groups -OCH3 is 4. The quantitative estimate of drug-likeness (QED) is 0.0646. The summed E-state index contributed by atoms with van der Waals surface area (Å²) in [6.45, 7) is 13.1. The predicted octanol–water partition coefficient (Wildman–Crippen LogP) is 2.97. The lowest BCUT2D eigenvalue weighted by Crippen LogP contribution is -2.56. The number of ether oxygens (including phenoxy) is 4. The summed E-state index contributed by atoms with van der Waals surface area (Å²) < 4.78 is 22.0. The van der Waals surface area contributed by atoms with Crippen molar-refractivity contribution in [3.63, 3.8) is 0 Å². The Kier molecular flexibility index (Phi) is 21.0. The van der Waals surface area contributed by atoms with Crippen LogP contribution >= 0.6 is 0 Å². The Hall–Kier alpha value is -4.71. The minimum Gasteiger partial charge on any atom is -0.467 e. The number of anilines is 1. The van der Waals surface area contributed by atoms with Crippen molar-refractivity contribution in [2.75, 3.05) is 67.2 Å². The number of aryl methyl sites for hydroxylation is 1. The highest BCUT2D eigenvalue weighted by Crippen LogP contribution is 2.30. The first-order chi connectivity index (χ1) is 29.1. The third-order valence-electron chi connectivity index (χ3n) is 11.5. The first-order valence-electron chi connectivity index (χ1n) is 21.3. The van der Waals surface area contributed by atoms with Gasteiger partial charge in [0.05, 0.1) is 50.5 Å². The van der Waals surface area contributed by atoms with Crippen LogP contribution in [0.3, 0.4) is 0 Å². The number of aromatic nitrogens is 2. The van der Waals surface area contributed by atoms with Crippen LogP contribution in [0.25, 0.3) is 0 Å². The molecule has 0 saturated carbocycles. The normalized spacial score (nSPS) is 17.4. The van der Waals surface area contributed by atoms with Crippen molar-refractivity contribution < 1.29 is 42.9 Å². The third kappa shape index (κ3) is 14.4. The highest BCUT2D eigenvalue weighted by Gasteiger charge is 2.43. The Morgan fingerprint density at radius 1 is 0.967 bits per heavy atom. The molecule has 8 atom stereocenters. The lowest BCUT2D eigenvalue weighted by Gasteiger charge is -2.40. The summed E-state index contributed by atoms with van der Waals surface area (Å²) in [5.74, 6) is -2.58. The number of likely N-dealkylation sites (tertiary alicyclic amines) is 1. The lowest BCUT2D eigenvalue weighted by atomic mass is 9.89. The van der Waals surface area contributed by atoms with Crippen LogP contribution in [0.1, 0.15) is 82.0 Å². The molecule has 1 saturated heterocycles. The van der Waals surface area contributed by atoms with Crippen molar-refractivity contribution in [1.82, 2.24) is 35.7 Å². The summed E-state index contributed by atoms with van der Waals surface area (Å²) in [7, 11) is 7.65. The Morgan fingerprint density at radius 3 is 2.28 bits per heavy atom. The Bertz CT molecular complexity index is 1720. The van der Waals surface area contributed by atoms with Crippen molar-refractivity contribution in [3.05, 3.63) is 53.3 Å². The average molecular weight is 855 g/mol. The molecule has 340 valence electrons. The van der Waals surface area contributed by atoms with E-state index in [1.54, 1.807) is 51.0 Å². The summed E-state index contributed by atoms with van der Waals surface area (Å²) in [5, 5.41) is 11.9. The van der Waals surface area contributed by atoms with Crippen molar-refractivity contribution >= 4 is 35.5 Å². The molecule has 4 amide bonds. The second kappa shape index (κ2) is 25.3. The van der Waals surface area contributed by atoms with Gasteiger partial charge in [0.2, 0.25) is 23.7 Å². The zero-order valence-corrected chi connectivity index (χ0v) is 38.0. The van der Waals surface area contributed by atoms with Gasteiger partial charge in [-0.25, -0.2) is 14.8 Å². The molecule has 1 aromatic heterocycles. The van der Waals surface area contributed by atoms with Crippen LogP contribution in [-0.2, 0) is 44.5 Å². The number of hydrogen-bond acceptors (Lipinski definition) is 13. The van der Waals surface area contributed by atoms with Crippen molar-refractivity contribution in [2.24, 2.45) is 17.8 Å². The summed E-state index contributed by atoms with van der Waals surface area (Å²) >= 11 is 0. The largest absolute Gasteiger partial charge is 0.467 e. The van der Waals surface area contributed by atoms with E-state index in [4.69, 9.17) is 18.9 Å². The first-order valence-corrected chi connectivity index (χ1v) is 21.3. The van der Waals surface area contributed by atoms with Gasteiger partial charge in [-0.3, -0.25) is 24.5 Å². The van der Waals surface area contributed by atoms with Crippen LogP contribution in [0.5, 0.6) is 0 Å². The maximum Gasteiger partial charge on any atom is 0.328 e. The fourth-order valence-corrected chi connectivity index (χ4v) is 7.95. The third-order valence-corrected chi connectivity index (χ3v) is 11.5. The van der Waals surface area contributed by atoms with Gasteiger partial charge in [0.1, 0.15) is 17.8 Å². The molecule has 1 fully saturated rings. The number of hydrogen-bond donors (Lipinski definition) is 4. The van der Waals surface area contributed by atoms with Gasteiger partial charge in [-0.15, -0.1) is 0 Å². The smallest absolute Gasteiger partial charge is 0.328 e. The van der Waals surface area contributed by atoms with Gasteiger partial charge in [0, 0.05) is 60.1 Å². The molecule has 3 rings (SSSR count). The molecule has 2 heterocycles. The van der Waals surface area contributed by atoms with E-state index < -0.39 is 48.3 Å². The second-order valence-corrected chi connectivity index (χ2v) is 16.1. The van der Waals surface area contributed by atoms with Crippen LogP contribution < -0.4 is 21.3 Å². The fourth-order valence-electron chi connectivity index (χ4n) is 7.95. The van der Waals surface area contributed by atoms with E-state index in [9.17, 15) is 24.0 Å². The summed E-state index contributed by atoms with van der Waals surface area (Å²) in [6.07, 6.45) is 0.946. The molecule has 1 aliphatic rings. The van der Waals surface area contributed by atoms with E-state index in [1.165, 1.54) is 14.2 Å². The van der Waals surface area contributed by atoms with Crippen LogP contribution in [0, 0.1) is 24.7 Å². The van der Waals surface area contributed by atoms with Crippen LogP contribution in [0.2, 0.25) is 0 Å². The molecule has 0 radical (unpaired) electrons. The number of carbonyl (C=O) groups is 5. The summed E-state index contributed by atoms with van der Waals surface area (Å²) in [6, 6.07) is 8.36. The van der Waals surface area contributed by atoms with E-state index in [0.717, 1.165) is 5.56 Å². The number of likely N-dealkylation sites (N-methyl/N-ethyl adjacent to an activating group) is 1. The molecule has 0 aliphatic carbocycles. The molecule has 2 aromatic rings. The molecule has 0 bridgehead atoms. The number of rotatable bonds is 25. The molecular weight excluding hydrogens is 785 g/mol. The Balaban J connectivity index is 1.78. The molecule has 17 heteroatoms. The van der Waals surface area contributed by atoms with Gasteiger partial charge in [-0.2, -0.15) is 0 Å². The minimum atomic E-state index is -0.904. The molecule has 1 aliphatic heterocycles. The molecule has 0 spiro atoms. The summed E-state index contributed by atoms with van der Waals surface area (Å²) in [4.78, 5) is 80.6. The molecule has 4 N–H and O–H groups in total. The van der Waals surface area contributed by atoms with Gasteiger partial charge in [-0.05, 0) is 43.2 Å². The average Bonchev–Trinajstić information content (AvgIpc) is 3.74. The van der Waals surface area contributed by atoms with Gasteiger partial charge < -0.3 is 44.7 Å². The number of carbonyl (C=O) groups excluding carboxylic acids is 5. The fraction of sp³-hybridized carbons (Fsp3) is 0.659.